The molecule has 0 amide bonds. The van der Waals surface area contributed by atoms with Gasteiger partial charge in [-0.15, -0.1) is 11.3 Å². The Hall–Kier alpha value is -3.00. The van der Waals surface area contributed by atoms with Crippen LogP contribution in [0.3, 0.4) is 0 Å². The van der Waals surface area contributed by atoms with Crippen LogP contribution >= 0.6 is 11.3 Å². The van der Waals surface area contributed by atoms with Crippen LogP contribution in [-0.2, 0) is 9.53 Å². The van der Waals surface area contributed by atoms with E-state index in [4.69, 9.17) is 4.74 Å². The zero-order chi connectivity index (χ0) is 27.3. The van der Waals surface area contributed by atoms with E-state index in [0.29, 0.717) is 24.0 Å². The molecule has 200 valence electrons. The van der Waals surface area contributed by atoms with Crippen molar-refractivity contribution in [3.05, 3.63) is 39.7 Å². The van der Waals surface area contributed by atoms with Crippen LogP contribution in [0.4, 0.5) is 4.79 Å². The third-order valence-corrected chi connectivity index (χ3v) is 10.0. The second-order valence-electron chi connectivity index (χ2n) is 12.5. The lowest BCUT2D eigenvalue weighted by Gasteiger charge is -2.23. The van der Waals surface area contributed by atoms with Crippen molar-refractivity contribution in [2.45, 2.75) is 92.1 Å². The molecule has 0 spiro atoms. The first-order chi connectivity index (χ1) is 17.9. The first kappa shape index (κ1) is 25.3. The summed E-state index contributed by atoms with van der Waals surface area (Å²) in [7, 11) is 0. The molecule has 0 saturated heterocycles. The Morgan fingerprint density at radius 2 is 1.87 bits per heavy atom. The van der Waals surface area contributed by atoms with E-state index >= 15 is 0 Å². The van der Waals surface area contributed by atoms with E-state index in [1.54, 1.807) is 22.2 Å². The van der Waals surface area contributed by atoms with Gasteiger partial charge in [0, 0.05) is 34.4 Å². The molecular formula is C30H36N4O3S. The van der Waals surface area contributed by atoms with Gasteiger partial charge in [-0.05, 0) is 94.4 Å². The highest BCUT2D eigenvalue weighted by molar-refractivity contribution is 7.19. The molecule has 2 aliphatic rings. The first-order valence-corrected chi connectivity index (χ1v) is 14.4. The molecule has 7 nitrogen and oxygen atoms in total. The van der Waals surface area contributed by atoms with Gasteiger partial charge in [-0.25, -0.2) is 18.9 Å². The molecule has 6 rings (SSSR count). The molecular weight excluding hydrogens is 496 g/mol. The molecule has 0 N–H and O–H groups in total. The van der Waals surface area contributed by atoms with E-state index in [0.717, 1.165) is 56.7 Å². The van der Waals surface area contributed by atoms with E-state index in [1.807, 2.05) is 31.5 Å². The van der Waals surface area contributed by atoms with Gasteiger partial charge in [-0.2, -0.15) is 5.10 Å². The van der Waals surface area contributed by atoms with E-state index in [2.05, 4.69) is 44.7 Å². The summed E-state index contributed by atoms with van der Waals surface area (Å²) in [5.41, 5.74) is 6.55. The van der Waals surface area contributed by atoms with Crippen LogP contribution in [0.15, 0.2) is 12.5 Å². The van der Waals surface area contributed by atoms with Crippen LogP contribution in [0.5, 0.6) is 0 Å². The van der Waals surface area contributed by atoms with Crippen molar-refractivity contribution < 1.29 is 14.3 Å². The number of Topliss-reactive ketones (excluding diaryl/α,β-unsaturated/α-hetero) is 1. The van der Waals surface area contributed by atoms with Crippen molar-refractivity contribution in [2.24, 2.45) is 11.8 Å². The van der Waals surface area contributed by atoms with E-state index in [1.165, 1.54) is 10.4 Å². The molecule has 2 fully saturated rings. The van der Waals surface area contributed by atoms with Crippen molar-refractivity contribution in [3.63, 3.8) is 0 Å². The van der Waals surface area contributed by atoms with E-state index in [9.17, 15) is 9.59 Å². The molecule has 2 bridgehead atoms. The third kappa shape index (κ3) is 3.67. The number of ether oxygens (including phenoxy) is 1. The summed E-state index contributed by atoms with van der Waals surface area (Å²) in [5.74, 6) is 1.62. The molecule has 4 aromatic heterocycles. The minimum absolute atomic E-state index is 0.171. The molecule has 4 heterocycles. The Labute approximate surface area is 227 Å². The highest BCUT2D eigenvalue weighted by Gasteiger charge is 2.47. The normalized spacial score (nSPS) is 21.5. The number of hydrogen-bond acceptors (Lipinski definition) is 6. The zero-order valence-corrected chi connectivity index (χ0v) is 24.3. The molecule has 0 aliphatic heterocycles. The van der Waals surface area contributed by atoms with Gasteiger partial charge in [0.25, 0.3) is 0 Å². The molecule has 4 aromatic rings. The highest BCUT2D eigenvalue weighted by Crippen LogP contribution is 2.56. The largest absolute Gasteiger partial charge is 0.443 e. The standard InChI is InChI=1S/C30H36N4O3S/c1-14(2)23-24-17(5)26(20-10-19-9-18(20)11-22(19)35)38-28(24)34(29(36)37-30(6,7)8)25(23)21-12-33-27(31-13-32-33)16(4)15(21)3/h12-14,18-20H,9-11H2,1-8H3/t18-,19-,20?/m0/s1. The van der Waals surface area contributed by atoms with E-state index in [-0.39, 0.29) is 17.9 Å². The van der Waals surface area contributed by atoms with Gasteiger partial charge in [0.2, 0.25) is 0 Å². The summed E-state index contributed by atoms with van der Waals surface area (Å²) in [6.45, 7) is 16.5. The topological polar surface area (TPSA) is 78.5 Å². The fraction of sp³-hybridized carbons (Fsp3) is 0.533. The summed E-state index contributed by atoms with van der Waals surface area (Å²) in [4.78, 5) is 33.0. The fourth-order valence-corrected chi connectivity index (χ4v) is 8.32. The van der Waals surface area contributed by atoms with Gasteiger partial charge in [0.1, 0.15) is 22.5 Å². The third-order valence-electron chi connectivity index (χ3n) is 8.60. The second kappa shape index (κ2) is 8.50. The Kier molecular flexibility index (Phi) is 5.66. The summed E-state index contributed by atoms with van der Waals surface area (Å²) in [6.07, 6.45) is 5.84. The van der Waals surface area contributed by atoms with Crippen LogP contribution in [0.2, 0.25) is 0 Å². The van der Waals surface area contributed by atoms with E-state index < -0.39 is 5.60 Å². The van der Waals surface area contributed by atoms with Crippen LogP contribution in [0.1, 0.15) is 92.8 Å². The Balaban J connectivity index is 1.65. The predicted octanol–water partition coefficient (Wildman–Crippen LogP) is 7.33. The molecule has 8 heteroatoms. The average molecular weight is 533 g/mol. The molecule has 0 radical (unpaired) electrons. The molecule has 0 aromatic carbocycles. The number of carbonyl (C=O) groups is 2. The molecule has 3 atom stereocenters. The number of pyridine rings is 1. The SMILES string of the molecule is Cc1c(-c2c(C(C)C)c3c(C)c(C4C[C@@H]5C[C@H]4CC5=O)sc3n2C(=O)OC(C)(C)C)cn2ncnc2c1C. The van der Waals surface area contributed by atoms with Crippen molar-refractivity contribution >= 4 is 39.1 Å². The van der Waals surface area contributed by atoms with Crippen LogP contribution in [0, 0.1) is 32.6 Å². The maximum absolute atomic E-state index is 14.0. The summed E-state index contributed by atoms with van der Waals surface area (Å²) in [5, 5.41) is 5.58. The molecule has 2 saturated carbocycles. The van der Waals surface area contributed by atoms with Crippen molar-refractivity contribution in [1.29, 1.82) is 0 Å². The maximum Gasteiger partial charge on any atom is 0.420 e. The van der Waals surface area contributed by atoms with Gasteiger partial charge < -0.3 is 4.74 Å². The van der Waals surface area contributed by atoms with Gasteiger partial charge in [0.15, 0.2) is 5.65 Å². The zero-order valence-electron chi connectivity index (χ0n) is 23.5. The number of ketones is 1. The molecule has 1 unspecified atom stereocenters. The summed E-state index contributed by atoms with van der Waals surface area (Å²) >= 11 is 1.72. The molecule has 38 heavy (non-hydrogen) atoms. The number of nitrogens with zero attached hydrogens (tertiary/aromatic N) is 4. The monoisotopic (exact) mass is 532 g/mol. The number of aromatic nitrogens is 4. The Morgan fingerprint density at radius 3 is 2.47 bits per heavy atom. The van der Waals surface area contributed by atoms with Crippen LogP contribution < -0.4 is 0 Å². The highest BCUT2D eigenvalue weighted by atomic mass is 32.1. The van der Waals surface area contributed by atoms with Gasteiger partial charge in [-0.1, -0.05) is 13.8 Å². The smallest absolute Gasteiger partial charge is 0.420 e. The Bertz CT molecular complexity index is 1630. The van der Waals surface area contributed by atoms with Crippen LogP contribution in [0.25, 0.3) is 27.1 Å². The van der Waals surface area contributed by atoms with Crippen molar-refractivity contribution in [2.75, 3.05) is 0 Å². The quantitative estimate of drug-likeness (QED) is 0.276. The lowest BCUT2D eigenvalue weighted by Crippen LogP contribution is -2.27. The number of fused-ring (bicyclic) bond motifs is 4. The number of thiophene rings is 1. The first-order valence-electron chi connectivity index (χ1n) is 13.6. The molecule has 2 aliphatic carbocycles. The number of rotatable bonds is 3. The van der Waals surface area contributed by atoms with Gasteiger partial charge in [0.05, 0.1) is 5.69 Å². The van der Waals surface area contributed by atoms with Gasteiger partial charge in [-0.3, -0.25) is 4.79 Å². The summed E-state index contributed by atoms with van der Waals surface area (Å²) < 4.78 is 9.64. The Morgan fingerprint density at radius 1 is 1.13 bits per heavy atom. The number of aryl methyl sites for hydroxylation is 2. The number of carbonyl (C=O) groups excluding carboxylic acids is 2. The predicted molar refractivity (Wildman–Crippen MR) is 150 cm³/mol. The lowest BCUT2D eigenvalue weighted by molar-refractivity contribution is -0.121. The second-order valence-corrected chi connectivity index (χ2v) is 13.6. The average Bonchev–Trinajstić information content (AvgIpc) is 3.61. The summed E-state index contributed by atoms with van der Waals surface area (Å²) in [6, 6.07) is 0. The van der Waals surface area contributed by atoms with Crippen molar-refractivity contribution in [3.8, 4) is 11.3 Å². The minimum Gasteiger partial charge on any atom is -0.443 e. The van der Waals surface area contributed by atoms with Crippen LogP contribution in [-0.4, -0.2) is 36.6 Å². The number of hydrogen-bond donors (Lipinski definition) is 0. The van der Waals surface area contributed by atoms with Crippen molar-refractivity contribution in [1.82, 2.24) is 19.2 Å². The maximum atomic E-state index is 14.0. The lowest BCUT2D eigenvalue weighted by atomic mass is 9.85. The fourth-order valence-electron chi connectivity index (χ4n) is 6.79. The van der Waals surface area contributed by atoms with Gasteiger partial charge >= 0.3 is 6.09 Å². The minimum atomic E-state index is -0.635.